The molecule has 2 aromatic heterocycles. The molecule has 2 aliphatic heterocycles. The van der Waals surface area contributed by atoms with E-state index >= 15 is 0 Å². The predicted molar refractivity (Wildman–Crippen MR) is 113 cm³/mol. The van der Waals surface area contributed by atoms with Gasteiger partial charge in [-0.25, -0.2) is 9.80 Å². The number of carbonyl (C=O) groups is 3. The van der Waals surface area contributed by atoms with Crippen LogP contribution < -0.4 is 5.32 Å². The van der Waals surface area contributed by atoms with Crippen LogP contribution in [-0.2, 0) is 9.59 Å². The molecule has 4 heterocycles. The lowest BCUT2D eigenvalue weighted by atomic mass is 9.93. The average Bonchev–Trinajstić information content (AvgIpc) is 3.50. The fourth-order valence-electron chi connectivity index (χ4n) is 3.79. The van der Waals surface area contributed by atoms with Crippen LogP contribution in [0.25, 0.3) is 0 Å². The highest BCUT2D eigenvalue weighted by atomic mass is 32.1. The van der Waals surface area contributed by atoms with E-state index in [2.05, 4.69) is 10.4 Å². The van der Waals surface area contributed by atoms with E-state index in [1.165, 1.54) is 5.01 Å². The molecule has 1 N–H and O–H groups in total. The van der Waals surface area contributed by atoms with Gasteiger partial charge < -0.3 is 5.32 Å². The lowest BCUT2D eigenvalue weighted by molar-refractivity contribution is -0.140. The summed E-state index contributed by atoms with van der Waals surface area (Å²) in [6, 6.07) is 7.13. The van der Waals surface area contributed by atoms with Crippen molar-refractivity contribution in [1.82, 2.24) is 15.2 Å². The van der Waals surface area contributed by atoms with Crippen molar-refractivity contribution in [2.45, 2.75) is 44.7 Å². The molecule has 2 aliphatic rings. The van der Waals surface area contributed by atoms with Crippen LogP contribution in [0.2, 0.25) is 0 Å². The van der Waals surface area contributed by atoms with Crippen LogP contribution in [0.4, 0.5) is 4.79 Å². The van der Waals surface area contributed by atoms with Crippen LogP contribution in [-0.4, -0.2) is 45.5 Å². The van der Waals surface area contributed by atoms with Gasteiger partial charge in [0.1, 0.15) is 12.1 Å². The third kappa shape index (κ3) is 3.38. The molecular weight excluding hydrogens is 408 g/mol. The number of nitrogens with zero attached hydrogens (tertiary/aromatic N) is 3. The molecule has 0 radical (unpaired) electrons. The quantitative estimate of drug-likeness (QED) is 0.711. The molecular formula is C20H22N4O3S2. The second-order valence-corrected chi connectivity index (χ2v) is 9.04. The third-order valence-electron chi connectivity index (χ3n) is 5.59. The summed E-state index contributed by atoms with van der Waals surface area (Å²) in [5.74, 6) is -0.698. The molecule has 7 nitrogen and oxygen atoms in total. The average molecular weight is 431 g/mol. The molecule has 1 saturated heterocycles. The standard InChI is InChI=1S/C20H22N4O3S2/c1-3-20(4-2)18(26)23(19(27)21-20)12-17(25)24-14(16-8-6-10-29-16)11-13(22-24)15-7-5-9-28-15/h5-10,14H,3-4,11-12H2,1-2H3,(H,21,27)/t14-/m0/s1. The fraction of sp³-hybridized carbons (Fsp3) is 0.400. The zero-order valence-corrected chi connectivity index (χ0v) is 17.9. The molecule has 4 rings (SSSR count). The normalized spacial score (nSPS) is 20.9. The van der Waals surface area contributed by atoms with Gasteiger partial charge >= 0.3 is 6.03 Å². The molecule has 4 amide bonds. The van der Waals surface area contributed by atoms with Gasteiger partial charge in [-0.05, 0) is 35.7 Å². The van der Waals surface area contributed by atoms with E-state index < -0.39 is 11.6 Å². The zero-order chi connectivity index (χ0) is 20.6. The smallest absolute Gasteiger partial charge is 0.323 e. The minimum Gasteiger partial charge on any atom is -0.323 e. The maximum Gasteiger partial charge on any atom is 0.325 e. The van der Waals surface area contributed by atoms with Crippen molar-refractivity contribution >= 4 is 46.2 Å². The Hall–Kier alpha value is -2.52. The van der Waals surface area contributed by atoms with Crippen LogP contribution in [0.3, 0.4) is 0 Å². The maximum atomic E-state index is 13.2. The first-order valence-corrected chi connectivity index (χ1v) is 11.4. The Bertz CT molecular complexity index is 949. The number of imide groups is 1. The second-order valence-electron chi connectivity index (χ2n) is 7.11. The number of urea groups is 1. The number of nitrogens with one attached hydrogen (secondary N) is 1. The summed E-state index contributed by atoms with van der Waals surface area (Å²) in [5.41, 5.74) is -0.0681. The number of hydrogen-bond acceptors (Lipinski definition) is 6. The molecule has 0 aromatic carbocycles. The Morgan fingerprint density at radius 1 is 1.21 bits per heavy atom. The highest BCUT2D eigenvalue weighted by molar-refractivity contribution is 7.12. The molecule has 29 heavy (non-hydrogen) atoms. The summed E-state index contributed by atoms with van der Waals surface area (Å²) in [6.07, 6.45) is 1.59. The van der Waals surface area contributed by atoms with E-state index in [1.807, 2.05) is 48.9 Å². The number of thiophene rings is 2. The number of hydrazone groups is 1. The molecule has 1 atom stereocenters. The van der Waals surface area contributed by atoms with E-state index in [4.69, 9.17) is 0 Å². The van der Waals surface area contributed by atoms with Gasteiger partial charge in [-0.1, -0.05) is 26.0 Å². The fourth-order valence-corrected chi connectivity index (χ4v) is 5.32. The van der Waals surface area contributed by atoms with Crippen molar-refractivity contribution in [3.05, 3.63) is 44.8 Å². The Morgan fingerprint density at radius 2 is 1.93 bits per heavy atom. The molecule has 1 fully saturated rings. The lowest BCUT2D eigenvalue weighted by Gasteiger charge is -2.24. The summed E-state index contributed by atoms with van der Waals surface area (Å²) in [5, 5.41) is 12.7. The van der Waals surface area contributed by atoms with Crippen molar-refractivity contribution < 1.29 is 14.4 Å². The van der Waals surface area contributed by atoms with Crippen LogP contribution in [0.1, 0.15) is 48.9 Å². The van der Waals surface area contributed by atoms with Gasteiger partial charge in [-0.2, -0.15) is 5.10 Å². The monoisotopic (exact) mass is 430 g/mol. The van der Waals surface area contributed by atoms with Gasteiger partial charge in [0.25, 0.3) is 11.8 Å². The molecule has 2 aromatic rings. The van der Waals surface area contributed by atoms with Crippen molar-refractivity contribution in [3.8, 4) is 0 Å². The summed E-state index contributed by atoms with van der Waals surface area (Å²) in [4.78, 5) is 41.5. The molecule has 9 heteroatoms. The van der Waals surface area contributed by atoms with E-state index in [9.17, 15) is 14.4 Å². The molecule has 0 saturated carbocycles. The van der Waals surface area contributed by atoms with Gasteiger partial charge in [0.05, 0.1) is 16.6 Å². The molecule has 0 bridgehead atoms. The summed E-state index contributed by atoms with van der Waals surface area (Å²) < 4.78 is 0. The van der Waals surface area contributed by atoms with E-state index in [0.717, 1.165) is 20.4 Å². The Labute approximate surface area is 177 Å². The second kappa shape index (κ2) is 7.72. The van der Waals surface area contributed by atoms with Crippen molar-refractivity contribution in [2.75, 3.05) is 6.54 Å². The highest BCUT2D eigenvalue weighted by Gasteiger charge is 2.50. The SMILES string of the molecule is CCC1(CC)NC(=O)N(CC(=O)N2N=C(c3cccs3)C[C@H]2c2cccs2)C1=O. The zero-order valence-electron chi connectivity index (χ0n) is 16.3. The lowest BCUT2D eigenvalue weighted by Crippen LogP contribution is -2.46. The molecule has 0 unspecified atom stereocenters. The highest BCUT2D eigenvalue weighted by Crippen LogP contribution is 2.36. The Balaban J connectivity index is 1.59. The topological polar surface area (TPSA) is 82.1 Å². The maximum absolute atomic E-state index is 13.2. The van der Waals surface area contributed by atoms with Gasteiger partial charge in [0, 0.05) is 11.3 Å². The Kier molecular flexibility index (Phi) is 5.26. The first-order valence-electron chi connectivity index (χ1n) is 9.60. The van der Waals surface area contributed by atoms with Crippen molar-refractivity contribution in [3.63, 3.8) is 0 Å². The van der Waals surface area contributed by atoms with Gasteiger partial charge in [0.2, 0.25) is 0 Å². The summed E-state index contributed by atoms with van der Waals surface area (Å²) in [6.45, 7) is 3.41. The van der Waals surface area contributed by atoms with Crippen LogP contribution in [0, 0.1) is 0 Å². The van der Waals surface area contributed by atoms with E-state index in [-0.39, 0.29) is 24.4 Å². The Morgan fingerprint density at radius 3 is 2.52 bits per heavy atom. The minimum absolute atomic E-state index is 0.220. The van der Waals surface area contributed by atoms with Gasteiger partial charge in [0.15, 0.2) is 0 Å². The minimum atomic E-state index is -0.916. The first-order chi connectivity index (χ1) is 14.0. The molecule has 0 spiro atoms. The molecule has 0 aliphatic carbocycles. The van der Waals surface area contributed by atoms with Crippen molar-refractivity contribution in [1.29, 1.82) is 0 Å². The van der Waals surface area contributed by atoms with Crippen LogP contribution in [0.5, 0.6) is 0 Å². The third-order valence-corrected chi connectivity index (χ3v) is 7.48. The first kappa shape index (κ1) is 19.8. The van der Waals surface area contributed by atoms with E-state index in [1.54, 1.807) is 22.7 Å². The van der Waals surface area contributed by atoms with Crippen LogP contribution >= 0.6 is 22.7 Å². The van der Waals surface area contributed by atoms with Crippen molar-refractivity contribution in [2.24, 2.45) is 5.10 Å². The van der Waals surface area contributed by atoms with Gasteiger partial charge in [-0.3, -0.25) is 14.5 Å². The van der Waals surface area contributed by atoms with E-state index in [0.29, 0.717) is 19.3 Å². The van der Waals surface area contributed by atoms with Crippen LogP contribution in [0.15, 0.2) is 40.1 Å². The molecule has 152 valence electrons. The number of amides is 4. The summed E-state index contributed by atoms with van der Waals surface area (Å²) in [7, 11) is 0. The largest absolute Gasteiger partial charge is 0.325 e. The number of rotatable bonds is 6. The van der Waals surface area contributed by atoms with Gasteiger partial charge in [-0.15, -0.1) is 22.7 Å². The number of carbonyl (C=O) groups excluding carboxylic acids is 3. The predicted octanol–water partition coefficient (Wildman–Crippen LogP) is 3.60. The summed E-state index contributed by atoms with van der Waals surface area (Å²) >= 11 is 3.15. The number of hydrogen-bond donors (Lipinski definition) is 1.